The quantitative estimate of drug-likeness (QED) is 0.759. The second kappa shape index (κ2) is 7.78. The van der Waals surface area contributed by atoms with E-state index < -0.39 is 0 Å². The molecule has 0 heterocycles. The minimum Gasteiger partial charge on any atom is -0.320 e. The van der Waals surface area contributed by atoms with Gasteiger partial charge in [-0.1, -0.05) is 23.7 Å². The maximum absolute atomic E-state index is 5.92. The molecule has 1 N–H and O–H groups in total. The average Bonchev–Trinajstić information content (AvgIpc) is 2.38. The van der Waals surface area contributed by atoms with Crippen molar-refractivity contribution in [1.82, 2.24) is 10.2 Å². The SMILES string of the molecule is CNCCCC(C)N(C)C(C)c1ccc(Cl)cc1. The zero-order chi connectivity index (χ0) is 13.5. The molecule has 0 saturated heterocycles. The van der Waals surface area contributed by atoms with Crippen LogP contribution in [0.1, 0.15) is 38.3 Å². The number of rotatable bonds is 7. The molecule has 2 unspecified atom stereocenters. The minimum absolute atomic E-state index is 0.423. The number of benzene rings is 1. The Kier molecular flexibility index (Phi) is 6.69. The van der Waals surface area contributed by atoms with Gasteiger partial charge in [0.1, 0.15) is 0 Å². The molecule has 0 saturated carbocycles. The van der Waals surface area contributed by atoms with Crippen LogP contribution in [0.2, 0.25) is 5.02 Å². The Balaban J connectivity index is 2.54. The van der Waals surface area contributed by atoms with Crippen molar-refractivity contribution < 1.29 is 0 Å². The standard InChI is InChI=1S/C15H25ClN2/c1-12(6-5-11-17-3)18(4)13(2)14-7-9-15(16)10-8-14/h7-10,12-13,17H,5-6,11H2,1-4H3. The zero-order valence-corrected chi connectivity index (χ0v) is 12.7. The molecule has 0 aromatic heterocycles. The fourth-order valence-electron chi connectivity index (χ4n) is 2.14. The average molecular weight is 269 g/mol. The minimum atomic E-state index is 0.423. The molecule has 2 nitrogen and oxygen atoms in total. The Morgan fingerprint density at radius 3 is 2.39 bits per heavy atom. The summed E-state index contributed by atoms with van der Waals surface area (Å²) in [5.41, 5.74) is 1.32. The molecule has 1 aromatic rings. The zero-order valence-electron chi connectivity index (χ0n) is 11.9. The van der Waals surface area contributed by atoms with Crippen LogP contribution in [0.5, 0.6) is 0 Å². The van der Waals surface area contributed by atoms with Crippen molar-refractivity contribution in [3.05, 3.63) is 34.9 Å². The lowest BCUT2D eigenvalue weighted by Gasteiger charge is -2.31. The molecule has 102 valence electrons. The summed E-state index contributed by atoms with van der Waals surface area (Å²) in [5.74, 6) is 0. The molecule has 0 aliphatic rings. The fraction of sp³-hybridized carbons (Fsp3) is 0.600. The highest BCUT2D eigenvalue weighted by atomic mass is 35.5. The predicted octanol–water partition coefficient (Wildman–Crippen LogP) is 3.72. The van der Waals surface area contributed by atoms with Crippen LogP contribution in [0.4, 0.5) is 0 Å². The van der Waals surface area contributed by atoms with Gasteiger partial charge in [-0.05, 0) is 65.0 Å². The lowest BCUT2D eigenvalue weighted by atomic mass is 10.0. The Morgan fingerprint density at radius 1 is 1.22 bits per heavy atom. The maximum atomic E-state index is 5.92. The number of hydrogen-bond donors (Lipinski definition) is 1. The second-order valence-corrected chi connectivity index (χ2v) is 5.42. The molecule has 0 aliphatic heterocycles. The van der Waals surface area contributed by atoms with E-state index in [1.54, 1.807) is 0 Å². The first-order chi connectivity index (χ1) is 8.56. The van der Waals surface area contributed by atoms with E-state index in [1.165, 1.54) is 18.4 Å². The van der Waals surface area contributed by atoms with Gasteiger partial charge < -0.3 is 5.32 Å². The highest BCUT2D eigenvalue weighted by Crippen LogP contribution is 2.23. The van der Waals surface area contributed by atoms with Crippen LogP contribution < -0.4 is 5.32 Å². The molecule has 0 aliphatic carbocycles. The molecule has 2 atom stereocenters. The third-order valence-corrected chi connectivity index (χ3v) is 3.96. The van der Waals surface area contributed by atoms with Gasteiger partial charge in [0.05, 0.1) is 0 Å². The van der Waals surface area contributed by atoms with Crippen LogP contribution in [0.3, 0.4) is 0 Å². The van der Waals surface area contributed by atoms with Crippen LogP contribution in [-0.2, 0) is 0 Å². The van der Waals surface area contributed by atoms with Crippen molar-refractivity contribution in [2.24, 2.45) is 0 Å². The van der Waals surface area contributed by atoms with Crippen LogP contribution in [0.15, 0.2) is 24.3 Å². The summed E-state index contributed by atoms with van der Waals surface area (Å²) < 4.78 is 0. The summed E-state index contributed by atoms with van der Waals surface area (Å²) in [4.78, 5) is 2.43. The number of hydrogen-bond acceptors (Lipinski definition) is 2. The highest BCUT2D eigenvalue weighted by molar-refractivity contribution is 6.30. The van der Waals surface area contributed by atoms with Crippen LogP contribution in [0.25, 0.3) is 0 Å². The van der Waals surface area contributed by atoms with Crippen molar-refractivity contribution in [3.63, 3.8) is 0 Å². The van der Waals surface area contributed by atoms with Crippen molar-refractivity contribution in [2.45, 2.75) is 38.8 Å². The molecule has 1 rings (SSSR count). The third-order valence-electron chi connectivity index (χ3n) is 3.71. The van der Waals surface area contributed by atoms with Crippen molar-refractivity contribution >= 4 is 11.6 Å². The third kappa shape index (κ3) is 4.60. The van der Waals surface area contributed by atoms with Crippen molar-refractivity contribution in [3.8, 4) is 0 Å². The van der Waals surface area contributed by atoms with Gasteiger partial charge in [-0.3, -0.25) is 4.90 Å². The van der Waals surface area contributed by atoms with Crippen molar-refractivity contribution in [1.29, 1.82) is 0 Å². The van der Waals surface area contributed by atoms with Gasteiger partial charge in [0.25, 0.3) is 0 Å². The lowest BCUT2D eigenvalue weighted by Crippen LogP contribution is -2.32. The molecule has 3 heteroatoms. The largest absolute Gasteiger partial charge is 0.320 e. The van der Waals surface area contributed by atoms with Gasteiger partial charge in [-0.25, -0.2) is 0 Å². The molecule has 18 heavy (non-hydrogen) atoms. The lowest BCUT2D eigenvalue weighted by molar-refractivity contribution is 0.186. The Bertz CT molecular complexity index is 337. The van der Waals surface area contributed by atoms with Crippen LogP contribution in [0, 0.1) is 0 Å². The van der Waals surface area contributed by atoms with E-state index in [-0.39, 0.29) is 0 Å². The maximum Gasteiger partial charge on any atom is 0.0406 e. The summed E-state index contributed by atoms with van der Waals surface area (Å²) in [6, 6.07) is 9.17. The van der Waals surface area contributed by atoms with E-state index in [9.17, 15) is 0 Å². The monoisotopic (exact) mass is 268 g/mol. The molecule has 0 radical (unpaired) electrons. The Morgan fingerprint density at radius 2 is 1.83 bits per heavy atom. The number of nitrogens with zero attached hydrogens (tertiary/aromatic N) is 1. The van der Waals surface area contributed by atoms with E-state index in [2.05, 4.69) is 43.2 Å². The first-order valence-electron chi connectivity index (χ1n) is 6.68. The molecular weight excluding hydrogens is 244 g/mol. The van der Waals surface area contributed by atoms with E-state index in [4.69, 9.17) is 11.6 Å². The topological polar surface area (TPSA) is 15.3 Å². The fourth-order valence-corrected chi connectivity index (χ4v) is 2.26. The van der Waals surface area contributed by atoms with Gasteiger partial charge in [-0.2, -0.15) is 0 Å². The molecule has 0 spiro atoms. The summed E-state index contributed by atoms with van der Waals surface area (Å²) in [7, 11) is 4.20. The van der Waals surface area contributed by atoms with E-state index >= 15 is 0 Å². The van der Waals surface area contributed by atoms with Gasteiger partial charge in [0, 0.05) is 17.1 Å². The molecular formula is C15H25ClN2. The van der Waals surface area contributed by atoms with Crippen molar-refractivity contribution in [2.75, 3.05) is 20.6 Å². The van der Waals surface area contributed by atoms with Crippen LogP contribution >= 0.6 is 11.6 Å². The first kappa shape index (κ1) is 15.5. The number of halogens is 1. The Hall–Kier alpha value is -0.570. The van der Waals surface area contributed by atoms with Gasteiger partial charge in [0.15, 0.2) is 0 Å². The Labute approximate surface area is 116 Å². The number of nitrogens with one attached hydrogen (secondary N) is 1. The summed E-state index contributed by atoms with van der Waals surface area (Å²) in [6.45, 7) is 5.63. The molecule has 0 amide bonds. The van der Waals surface area contributed by atoms with E-state index in [1.807, 2.05) is 19.2 Å². The smallest absolute Gasteiger partial charge is 0.0406 e. The summed E-state index contributed by atoms with van der Waals surface area (Å²) in [5, 5.41) is 4.00. The van der Waals surface area contributed by atoms with E-state index in [0.29, 0.717) is 12.1 Å². The normalized spacial score (nSPS) is 14.8. The molecule has 0 bridgehead atoms. The summed E-state index contributed by atoms with van der Waals surface area (Å²) >= 11 is 5.92. The van der Waals surface area contributed by atoms with E-state index in [0.717, 1.165) is 11.6 Å². The predicted molar refractivity (Wildman–Crippen MR) is 80.3 cm³/mol. The van der Waals surface area contributed by atoms with Gasteiger partial charge >= 0.3 is 0 Å². The summed E-state index contributed by atoms with van der Waals surface area (Å²) in [6.07, 6.45) is 2.44. The second-order valence-electron chi connectivity index (χ2n) is 4.99. The highest BCUT2D eigenvalue weighted by Gasteiger charge is 2.16. The van der Waals surface area contributed by atoms with Crippen LogP contribution in [-0.4, -0.2) is 31.6 Å². The van der Waals surface area contributed by atoms with Gasteiger partial charge in [0.2, 0.25) is 0 Å². The molecule has 1 aromatic carbocycles. The van der Waals surface area contributed by atoms with Gasteiger partial charge in [-0.15, -0.1) is 0 Å². The first-order valence-corrected chi connectivity index (χ1v) is 7.06. The molecule has 0 fully saturated rings.